The van der Waals surface area contributed by atoms with Crippen LogP contribution < -0.4 is 4.72 Å². The minimum Gasteiger partial charge on any atom is -0.507 e. The lowest BCUT2D eigenvalue weighted by molar-refractivity contribution is 0.459. The van der Waals surface area contributed by atoms with Crippen molar-refractivity contribution >= 4 is 31.6 Å². The first-order chi connectivity index (χ1) is 9.31. The monoisotopic (exact) mass is 363 g/mol. The Kier molecular flexibility index (Phi) is 3.96. The van der Waals surface area contributed by atoms with Crippen molar-refractivity contribution in [2.24, 2.45) is 0 Å². The zero-order valence-corrected chi connectivity index (χ0v) is 12.2. The van der Waals surface area contributed by atoms with E-state index in [0.717, 1.165) is 12.1 Å². The number of aromatic hydroxyl groups is 1. The molecule has 0 aliphatic carbocycles. The fraction of sp³-hybridized carbons (Fsp3) is 0. The van der Waals surface area contributed by atoms with Gasteiger partial charge in [-0.25, -0.2) is 17.2 Å². The summed E-state index contributed by atoms with van der Waals surface area (Å²) in [5, 5.41) is 9.52. The van der Waals surface area contributed by atoms with Crippen molar-refractivity contribution in [3.8, 4) is 5.75 Å². The molecule has 0 saturated carbocycles. The van der Waals surface area contributed by atoms with Gasteiger partial charge in [0, 0.05) is 10.5 Å². The van der Waals surface area contributed by atoms with Crippen LogP contribution in [0.5, 0.6) is 5.75 Å². The molecule has 0 unspecified atom stereocenters. The number of nitrogens with one attached hydrogen (secondary N) is 1. The van der Waals surface area contributed by atoms with Crippen LogP contribution in [0.15, 0.2) is 45.8 Å². The molecule has 0 spiro atoms. The van der Waals surface area contributed by atoms with Crippen molar-refractivity contribution in [2.45, 2.75) is 4.90 Å². The number of rotatable bonds is 3. The molecule has 2 aromatic rings. The molecule has 20 heavy (non-hydrogen) atoms. The predicted octanol–water partition coefficient (Wildman–Crippen LogP) is 3.23. The molecule has 106 valence electrons. The van der Waals surface area contributed by atoms with Crippen molar-refractivity contribution in [3.63, 3.8) is 0 Å². The fourth-order valence-corrected chi connectivity index (χ4v) is 3.34. The number of anilines is 1. The van der Waals surface area contributed by atoms with E-state index in [2.05, 4.69) is 15.9 Å². The number of halogens is 3. The molecule has 2 N–H and O–H groups in total. The molecular formula is C12H8BrF2NO3S. The molecule has 0 amide bonds. The van der Waals surface area contributed by atoms with E-state index in [9.17, 15) is 22.3 Å². The molecule has 4 nitrogen and oxygen atoms in total. The lowest BCUT2D eigenvalue weighted by atomic mass is 10.3. The number of hydrogen-bond acceptors (Lipinski definition) is 3. The summed E-state index contributed by atoms with van der Waals surface area (Å²) in [7, 11) is -4.19. The van der Waals surface area contributed by atoms with Crippen LogP contribution in [-0.2, 0) is 10.0 Å². The van der Waals surface area contributed by atoms with Gasteiger partial charge in [-0.05, 0) is 34.1 Å². The highest BCUT2D eigenvalue weighted by Gasteiger charge is 2.21. The highest BCUT2D eigenvalue weighted by atomic mass is 79.9. The lowest BCUT2D eigenvalue weighted by Crippen LogP contribution is -2.14. The average molecular weight is 364 g/mol. The van der Waals surface area contributed by atoms with Crippen molar-refractivity contribution in [1.82, 2.24) is 0 Å². The van der Waals surface area contributed by atoms with Crippen LogP contribution in [0.2, 0.25) is 0 Å². The van der Waals surface area contributed by atoms with Gasteiger partial charge in [0.2, 0.25) is 0 Å². The Balaban J connectivity index is 2.47. The van der Waals surface area contributed by atoms with E-state index in [1.54, 1.807) is 0 Å². The zero-order valence-electron chi connectivity index (χ0n) is 9.77. The number of hydrogen-bond donors (Lipinski definition) is 2. The van der Waals surface area contributed by atoms with Gasteiger partial charge in [-0.15, -0.1) is 0 Å². The first-order valence-corrected chi connectivity index (χ1v) is 7.54. The number of phenolic OH excluding ortho intramolecular Hbond substituents is 1. The summed E-state index contributed by atoms with van der Waals surface area (Å²) < 4.78 is 52.5. The molecule has 0 heterocycles. The molecule has 0 saturated heterocycles. The van der Waals surface area contributed by atoms with Gasteiger partial charge in [0.1, 0.15) is 16.5 Å². The number of sulfonamides is 1. The maximum atomic E-state index is 13.6. The lowest BCUT2D eigenvalue weighted by Gasteiger charge is -2.11. The van der Waals surface area contributed by atoms with Crippen LogP contribution in [0.1, 0.15) is 0 Å². The van der Waals surface area contributed by atoms with Crippen LogP contribution in [0, 0.1) is 11.6 Å². The van der Waals surface area contributed by atoms with Gasteiger partial charge < -0.3 is 5.11 Å². The maximum Gasteiger partial charge on any atom is 0.265 e. The van der Waals surface area contributed by atoms with E-state index in [4.69, 9.17) is 0 Å². The molecule has 2 rings (SSSR count). The number of para-hydroxylation sites is 1. The molecule has 0 bridgehead atoms. The molecular weight excluding hydrogens is 356 g/mol. The Hall–Kier alpha value is -1.67. The summed E-state index contributed by atoms with van der Waals surface area (Å²) in [6.07, 6.45) is 0. The predicted molar refractivity (Wildman–Crippen MR) is 73.0 cm³/mol. The third kappa shape index (κ3) is 2.91. The van der Waals surface area contributed by atoms with Crippen molar-refractivity contribution in [2.75, 3.05) is 4.72 Å². The molecule has 0 aromatic heterocycles. The third-order valence-corrected chi connectivity index (χ3v) is 4.42. The Labute approximate surface area is 122 Å². The van der Waals surface area contributed by atoms with Gasteiger partial charge >= 0.3 is 0 Å². The maximum absolute atomic E-state index is 13.6. The smallest absolute Gasteiger partial charge is 0.265 e. The van der Waals surface area contributed by atoms with Crippen LogP contribution in [-0.4, -0.2) is 13.5 Å². The van der Waals surface area contributed by atoms with E-state index < -0.39 is 38.0 Å². The molecule has 2 aromatic carbocycles. The Morgan fingerprint density at radius 2 is 1.80 bits per heavy atom. The average Bonchev–Trinajstić information content (AvgIpc) is 2.34. The van der Waals surface area contributed by atoms with Gasteiger partial charge in [0.05, 0.1) is 5.69 Å². The second-order valence-electron chi connectivity index (χ2n) is 3.82. The Bertz CT molecular complexity index is 742. The first-order valence-electron chi connectivity index (χ1n) is 5.26. The van der Waals surface area contributed by atoms with E-state index in [-0.39, 0.29) is 4.47 Å². The van der Waals surface area contributed by atoms with E-state index >= 15 is 0 Å². The molecule has 0 radical (unpaired) electrons. The molecule has 0 fully saturated rings. The van der Waals surface area contributed by atoms with Crippen molar-refractivity contribution < 1.29 is 22.3 Å². The van der Waals surface area contributed by atoms with Crippen LogP contribution in [0.4, 0.5) is 14.5 Å². The first kappa shape index (κ1) is 14.7. The van der Waals surface area contributed by atoms with Gasteiger partial charge in [0.25, 0.3) is 10.0 Å². The van der Waals surface area contributed by atoms with Crippen LogP contribution in [0.25, 0.3) is 0 Å². The summed E-state index contributed by atoms with van der Waals surface area (Å²) in [4.78, 5) is -0.407. The van der Waals surface area contributed by atoms with E-state index in [1.165, 1.54) is 18.2 Å². The summed E-state index contributed by atoms with van der Waals surface area (Å²) in [5.41, 5.74) is -0.436. The van der Waals surface area contributed by atoms with Crippen LogP contribution in [0.3, 0.4) is 0 Å². The third-order valence-electron chi connectivity index (χ3n) is 2.40. The number of benzene rings is 2. The molecule has 0 atom stereocenters. The van der Waals surface area contributed by atoms with Gasteiger partial charge in [-0.1, -0.05) is 12.1 Å². The molecule has 8 heteroatoms. The normalized spacial score (nSPS) is 11.3. The minimum atomic E-state index is -4.19. The second kappa shape index (κ2) is 5.37. The summed E-state index contributed by atoms with van der Waals surface area (Å²) >= 11 is 2.87. The van der Waals surface area contributed by atoms with E-state index in [1.807, 2.05) is 4.72 Å². The molecule has 0 aliphatic rings. The largest absolute Gasteiger partial charge is 0.507 e. The summed E-state index contributed by atoms with van der Waals surface area (Å²) in [5.74, 6) is -2.39. The van der Waals surface area contributed by atoms with Gasteiger partial charge in [-0.3, -0.25) is 4.72 Å². The summed E-state index contributed by atoms with van der Waals surface area (Å²) in [6, 6.07) is 6.67. The van der Waals surface area contributed by atoms with Gasteiger partial charge in [0.15, 0.2) is 5.82 Å². The molecule has 0 aliphatic heterocycles. The quantitative estimate of drug-likeness (QED) is 0.879. The fourth-order valence-electron chi connectivity index (χ4n) is 1.51. The van der Waals surface area contributed by atoms with Crippen molar-refractivity contribution in [1.29, 1.82) is 0 Å². The van der Waals surface area contributed by atoms with E-state index in [0.29, 0.717) is 6.07 Å². The topological polar surface area (TPSA) is 66.4 Å². The Morgan fingerprint density at radius 1 is 1.15 bits per heavy atom. The highest BCUT2D eigenvalue weighted by molar-refractivity contribution is 9.10. The minimum absolute atomic E-state index is 0.0889. The Morgan fingerprint density at radius 3 is 2.40 bits per heavy atom. The SMILES string of the molecule is O=S(=O)(Nc1c(F)cc(F)cc1Br)c1ccccc1O. The second-order valence-corrected chi connectivity index (χ2v) is 6.32. The highest BCUT2D eigenvalue weighted by Crippen LogP contribution is 2.30. The van der Waals surface area contributed by atoms with Crippen molar-refractivity contribution in [3.05, 3.63) is 52.5 Å². The standard InChI is InChI=1S/C12H8BrF2NO3S/c13-8-5-7(14)6-9(15)12(8)16-20(18,19)11-4-2-1-3-10(11)17/h1-6,16-17H. The van der Waals surface area contributed by atoms with Gasteiger partial charge in [-0.2, -0.15) is 0 Å². The zero-order chi connectivity index (χ0) is 14.9. The van der Waals surface area contributed by atoms with Crippen LogP contribution >= 0.6 is 15.9 Å². The summed E-state index contributed by atoms with van der Waals surface area (Å²) in [6.45, 7) is 0. The number of phenols is 1.